The van der Waals surface area contributed by atoms with E-state index in [0.29, 0.717) is 0 Å². The predicted octanol–water partition coefficient (Wildman–Crippen LogP) is 0.896. The van der Waals surface area contributed by atoms with Crippen molar-refractivity contribution in [3.63, 3.8) is 0 Å². The first-order valence-electron chi connectivity index (χ1n) is 5.11. The minimum Gasteiger partial charge on any atom is -0.465 e. The number of alkyl halides is 3. The number of nitrogens with one attached hydrogen (secondary N) is 1. The number of hydrogen-bond donors (Lipinski definition) is 2. The van der Waals surface area contributed by atoms with Crippen molar-refractivity contribution in [1.29, 1.82) is 0 Å². The van der Waals surface area contributed by atoms with E-state index in [9.17, 15) is 26.4 Å². The summed E-state index contributed by atoms with van der Waals surface area (Å²) in [6.07, 6.45) is -4.69. The molecule has 3 N–H and O–H groups in total. The van der Waals surface area contributed by atoms with Crippen molar-refractivity contribution < 1.29 is 31.1 Å². The van der Waals surface area contributed by atoms with Crippen LogP contribution in [0.25, 0.3) is 0 Å². The van der Waals surface area contributed by atoms with Crippen molar-refractivity contribution in [2.75, 3.05) is 19.4 Å². The lowest BCUT2D eigenvalue weighted by Crippen LogP contribution is -2.34. The molecule has 0 unspecified atom stereocenters. The molecular formula is C10H11F3N2O4S. The molecule has 1 rings (SSSR count). The van der Waals surface area contributed by atoms with Gasteiger partial charge in [0.25, 0.3) is 0 Å². The molecule has 0 aliphatic carbocycles. The van der Waals surface area contributed by atoms with Gasteiger partial charge in [-0.3, -0.25) is 0 Å². The number of benzene rings is 1. The first-order valence-corrected chi connectivity index (χ1v) is 6.59. The zero-order valence-corrected chi connectivity index (χ0v) is 11.0. The Hall–Kier alpha value is -1.81. The van der Waals surface area contributed by atoms with E-state index in [-0.39, 0.29) is 11.3 Å². The molecule has 0 amide bonds. The zero-order valence-electron chi connectivity index (χ0n) is 10.2. The van der Waals surface area contributed by atoms with Crippen molar-refractivity contribution in [3.8, 4) is 0 Å². The number of hydrogen-bond acceptors (Lipinski definition) is 5. The van der Waals surface area contributed by atoms with E-state index in [1.165, 1.54) is 4.72 Å². The number of nitrogens with two attached hydrogens (primary N) is 1. The van der Waals surface area contributed by atoms with Crippen LogP contribution in [0.3, 0.4) is 0 Å². The van der Waals surface area contributed by atoms with Crippen LogP contribution in [-0.2, 0) is 14.8 Å². The van der Waals surface area contributed by atoms with Gasteiger partial charge in [0.15, 0.2) is 0 Å². The fraction of sp³-hybridized carbons (Fsp3) is 0.300. The molecule has 0 aromatic heterocycles. The maximum absolute atomic E-state index is 12.0. The lowest BCUT2D eigenvalue weighted by atomic mass is 10.2. The third-order valence-electron chi connectivity index (χ3n) is 2.18. The van der Waals surface area contributed by atoms with Gasteiger partial charge in [0.1, 0.15) is 11.4 Å². The summed E-state index contributed by atoms with van der Waals surface area (Å²) in [4.78, 5) is 10.6. The summed E-state index contributed by atoms with van der Waals surface area (Å²) < 4.78 is 65.1. The molecule has 0 aliphatic heterocycles. The number of carbonyl (C=O) groups excluding carboxylic acids is 1. The van der Waals surface area contributed by atoms with Gasteiger partial charge >= 0.3 is 12.1 Å². The summed E-state index contributed by atoms with van der Waals surface area (Å²) in [7, 11) is -3.30. The molecule has 1 aromatic rings. The Morgan fingerprint density at radius 3 is 2.45 bits per heavy atom. The van der Waals surface area contributed by atoms with Crippen LogP contribution < -0.4 is 10.5 Å². The first-order chi connectivity index (χ1) is 9.07. The van der Waals surface area contributed by atoms with Gasteiger partial charge in [-0.2, -0.15) is 13.2 Å². The molecule has 0 radical (unpaired) electrons. The number of rotatable bonds is 4. The molecule has 0 bridgehead atoms. The highest BCUT2D eigenvalue weighted by Crippen LogP contribution is 2.21. The van der Waals surface area contributed by atoms with Gasteiger partial charge in [0.05, 0.1) is 18.4 Å². The molecule has 20 heavy (non-hydrogen) atoms. The van der Waals surface area contributed by atoms with E-state index in [1.54, 1.807) is 0 Å². The van der Waals surface area contributed by atoms with E-state index in [2.05, 4.69) is 4.74 Å². The highest BCUT2D eigenvalue weighted by Gasteiger charge is 2.30. The molecule has 6 nitrogen and oxygen atoms in total. The van der Waals surface area contributed by atoms with E-state index in [0.717, 1.165) is 25.3 Å². The number of anilines is 1. The fourth-order valence-corrected chi connectivity index (χ4v) is 2.42. The highest BCUT2D eigenvalue weighted by atomic mass is 32.2. The summed E-state index contributed by atoms with van der Waals surface area (Å²) in [5.74, 6) is -0.746. The van der Waals surface area contributed by atoms with Crippen molar-refractivity contribution in [2.24, 2.45) is 0 Å². The summed E-state index contributed by atoms with van der Waals surface area (Å²) in [5.41, 5.74) is 5.06. The van der Waals surface area contributed by atoms with Gasteiger partial charge in [0.2, 0.25) is 10.0 Å². The quantitative estimate of drug-likeness (QED) is 0.635. The number of nitrogen functional groups attached to an aromatic ring is 1. The van der Waals surface area contributed by atoms with Crippen LogP contribution >= 0.6 is 0 Å². The van der Waals surface area contributed by atoms with Crippen LogP contribution in [0.5, 0.6) is 0 Å². The maximum atomic E-state index is 12.0. The SMILES string of the molecule is COC(=O)c1ccc(S(=O)(=O)NCC(F)(F)F)c(N)c1. The van der Waals surface area contributed by atoms with Crippen LogP contribution in [0.4, 0.5) is 18.9 Å². The average molecular weight is 312 g/mol. The Morgan fingerprint density at radius 1 is 1.40 bits per heavy atom. The Balaban J connectivity index is 3.05. The lowest BCUT2D eigenvalue weighted by molar-refractivity contribution is -0.121. The monoisotopic (exact) mass is 312 g/mol. The summed E-state index contributed by atoms with van der Waals surface area (Å²) in [6, 6.07) is 3.03. The van der Waals surface area contributed by atoms with Crippen LogP contribution in [-0.4, -0.2) is 34.2 Å². The fourth-order valence-electron chi connectivity index (χ4n) is 1.29. The molecule has 10 heteroatoms. The predicted molar refractivity (Wildman–Crippen MR) is 63.4 cm³/mol. The number of sulfonamides is 1. The summed E-state index contributed by atoms with van der Waals surface area (Å²) >= 11 is 0. The second-order valence-corrected chi connectivity index (χ2v) is 5.42. The summed E-state index contributed by atoms with van der Waals surface area (Å²) in [5, 5.41) is 0. The first kappa shape index (κ1) is 16.2. The van der Waals surface area contributed by atoms with Crippen LogP contribution in [0.15, 0.2) is 23.1 Å². The van der Waals surface area contributed by atoms with Gasteiger partial charge in [-0.05, 0) is 18.2 Å². The van der Waals surface area contributed by atoms with Crippen LogP contribution in [0.1, 0.15) is 10.4 Å². The Bertz CT molecular complexity index is 613. The molecule has 0 fully saturated rings. The summed E-state index contributed by atoms with van der Waals surface area (Å²) in [6.45, 7) is -1.71. The molecule has 0 saturated heterocycles. The molecular weight excluding hydrogens is 301 g/mol. The van der Waals surface area contributed by atoms with Gasteiger partial charge in [-0.15, -0.1) is 0 Å². The second kappa shape index (κ2) is 5.67. The van der Waals surface area contributed by atoms with Crippen molar-refractivity contribution in [2.45, 2.75) is 11.1 Å². The lowest BCUT2D eigenvalue weighted by Gasteiger charge is -2.11. The molecule has 0 heterocycles. The third kappa shape index (κ3) is 4.10. The minimum atomic E-state index is -4.69. The number of ether oxygens (including phenoxy) is 1. The Morgan fingerprint density at radius 2 is 2.00 bits per heavy atom. The number of carbonyl (C=O) groups is 1. The van der Waals surface area contributed by atoms with Crippen molar-refractivity contribution >= 4 is 21.7 Å². The Kier molecular flexibility index (Phi) is 4.61. The van der Waals surface area contributed by atoms with Gasteiger partial charge in [0, 0.05) is 0 Å². The number of methoxy groups -OCH3 is 1. The van der Waals surface area contributed by atoms with Crippen molar-refractivity contribution in [3.05, 3.63) is 23.8 Å². The Labute approximate surface area is 112 Å². The zero-order chi connectivity index (χ0) is 15.6. The van der Waals surface area contributed by atoms with Gasteiger partial charge < -0.3 is 10.5 Å². The normalized spacial score (nSPS) is 12.2. The largest absolute Gasteiger partial charge is 0.465 e. The van der Waals surface area contributed by atoms with Crippen LogP contribution in [0, 0.1) is 0 Å². The second-order valence-electron chi connectivity index (χ2n) is 3.68. The molecule has 112 valence electrons. The van der Waals surface area contributed by atoms with Crippen molar-refractivity contribution in [1.82, 2.24) is 4.72 Å². The highest BCUT2D eigenvalue weighted by molar-refractivity contribution is 7.89. The van der Waals surface area contributed by atoms with E-state index >= 15 is 0 Å². The van der Waals surface area contributed by atoms with Gasteiger partial charge in [-0.1, -0.05) is 0 Å². The smallest absolute Gasteiger partial charge is 0.402 e. The van der Waals surface area contributed by atoms with E-state index < -0.39 is 33.6 Å². The molecule has 0 aliphatic rings. The standard InChI is InChI=1S/C10H11F3N2O4S/c1-19-9(16)6-2-3-8(7(14)4-6)20(17,18)15-5-10(11,12)13/h2-4,15H,5,14H2,1H3. The van der Waals surface area contributed by atoms with Crippen LogP contribution in [0.2, 0.25) is 0 Å². The number of esters is 1. The molecule has 0 atom stereocenters. The number of halogens is 3. The van der Waals surface area contributed by atoms with E-state index in [1.807, 2.05) is 0 Å². The van der Waals surface area contributed by atoms with E-state index in [4.69, 9.17) is 5.73 Å². The average Bonchev–Trinajstić information content (AvgIpc) is 2.34. The molecule has 0 saturated carbocycles. The minimum absolute atomic E-state index is 0.0141. The molecule has 1 aromatic carbocycles. The topological polar surface area (TPSA) is 98.5 Å². The maximum Gasteiger partial charge on any atom is 0.402 e. The van der Waals surface area contributed by atoms with Gasteiger partial charge in [-0.25, -0.2) is 17.9 Å². The molecule has 0 spiro atoms. The third-order valence-corrected chi connectivity index (χ3v) is 3.66.